The van der Waals surface area contributed by atoms with Crippen LogP contribution >= 0.6 is 22.9 Å². The van der Waals surface area contributed by atoms with Gasteiger partial charge in [0.05, 0.1) is 0 Å². The zero-order valence-corrected chi connectivity index (χ0v) is 8.23. The predicted octanol–water partition coefficient (Wildman–Crippen LogP) is 2.29. The third kappa shape index (κ3) is 1.46. The molecule has 0 aliphatic carbocycles. The minimum Gasteiger partial charge on any atom is -0.371 e. The molecule has 5 heteroatoms. The van der Waals surface area contributed by atoms with Crippen LogP contribution in [0.2, 0.25) is 4.47 Å². The molecule has 1 aromatic rings. The van der Waals surface area contributed by atoms with Crippen molar-refractivity contribution >= 4 is 22.9 Å². The second kappa shape index (κ2) is 3.28. The monoisotopic (exact) mass is 204 g/mol. The standard InChI is InChI=1S/C7H9ClN2OS/c1-4-2-3-11-5(4)6-9-10-7(8)12-6/h4-5H,2-3H2,1H3. The summed E-state index contributed by atoms with van der Waals surface area (Å²) in [5.41, 5.74) is 0. The number of aromatic nitrogens is 2. The lowest BCUT2D eigenvalue weighted by Crippen LogP contribution is -2.02. The molecule has 0 bridgehead atoms. The van der Waals surface area contributed by atoms with E-state index in [1.54, 1.807) is 0 Å². The maximum absolute atomic E-state index is 5.68. The molecule has 1 aliphatic heterocycles. The molecule has 1 aromatic heterocycles. The molecule has 66 valence electrons. The lowest BCUT2D eigenvalue weighted by Gasteiger charge is -2.09. The highest BCUT2D eigenvalue weighted by Crippen LogP contribution is 2.36. The Morgan fingerprint density at radius 2 is 2.42 bits per heavy atom. The zero-order valence-electron chi connectivity index (χ0n) is 6.66. The van der Waals surface area contributed by atoms with Crippen molar-refractivity contribution in [3.05, 3.63) is 9.47 Å². The fourth-order valence-corrected chi connectivity index (χ4v) is 2.37. The second-order valence-electron chi connectivity index (χ2n) is 2.95. The Morgan fingerprint density at radius 3 is 2.92 bits per heavy atom. The van der Waals surface area contributed by atoms with E-state index in [9.17, 15) is 0 Å². The van der Waals surface area contributed by atoms with Crippen LogP contribution in [0.4, 0.5) is 0 Å². The molecule has 12 heavy (non-hydrogen) atoms. The Hall–Kier alpha value is -0.190. The lowest BCUT2D eigenvalue weighted by molar-refractivity contribution is 0.0937. The van der Waals surface area contributed by atoms with E-state index in [-0.39, 0.29) is 6.10 Å². The van der Waals surface area contributed by atoms with Crippen molar-refractivity contribution in [1.82, 2.24) is 10.2 Å². The van der Waals surface area contributed by atoms with Gasteiger partial charge in [-0.25, -0.2) is 0 Å². The van der Waals surface area contributed by atoms with Crippen LogP contribution in [-0.2, 0) is 4.74 Å². The Bertz CT molecular complexity index is 278. The normalized spacial score (nSPS) is 29.5. The number of nitrogens with zero attached hydrogens (tertiary/aromatic N) is 2. The van der Waals surface area contributed by atoms with Gasteiger partial charge in [-0.05, 0) is 23.9 Å². The van der Waals surface area contributed by atoms with Crippen LogP contribution in [0.15, 0.2) is 0 Å². The van der Waals surface area contributed by atoms with Crippen molar-refractivity contribution in [3.63, 3.8) is 0 Å². The molecule has 0 amide bonds. The van der Waals surface area contributed by atoms with Crippen LogP contribution in [0, 0.1) is 5.92 Å². The first-order chi connectivity index (χ1) is 5.77. The maximum atomic E-state index is 5.68. The van der Waals surface area contributed by atoms with E-state index in [1.807, 2.05) is 0 Å². The Labute approximate surface area is 79.7 Å². The van der Waals surface area contributed by atoms with Crippen molar-refractivity contribution in [2.45, 2.75) is 19.4 Å². The van der Waals surface area contributed by atoms with Crippen molar-refractivity contribution in [2.75, 3.05) is 6.61 Å². The van der Waals surface area contributed by atoms with Crippen LogP contribution in [0.3, 0.4) is 0 Å². The molecule has 0 N–H and O–H groups in total. The van der Waals surface area contributed by atoms with Crippen LogP contribution in [-0.4, -0.2) is 16.8 Å². The summed E-state index contributed by atoms with van der Waals surface area (Å²) in [6.07, 6.45) is 1.22. The van der Waals surface area contributed by atoms with Gasteiger partial charge in [-0.2, -0.15) is 0 Å². The molecular weight excluding hydrogens is 196 g/mol. The highest BCUT2D eigenvalue weighted by Gasteiger charge is 2.28. The van der Waals surface area contributed by atoms with Gasteiger partial charge < -0.3 is 4.74 Å². The van der Waals surface area contributed by atoms with Crippen LogP contribution < -0.4 is 0 Å². The van der Waals surface area contributed by atoms with Gasteiger partial charge in [0.1, 0.15) is 11.1 Å². The van der Waals surface area contributed by atoms with Gasteiger partial charge >= 0.3 is 0 Å². The van der Waals surface area contributed by atoms with Gasteiger partial charge in [0.2, 0.25) is 4.47 Å². The molecule has 1 aliphatic rings. The minimum absolute atomic E-state index is 0.120. The number of hydrogen-bond acceptors (Lipinski definition) is 4. The number of ether oxygens (including phenoxy) is 1. The van der Waals surface area contributed by atoms with E-state index < -0.39 is 0 Å². The highest BCUT2D eigenvalue weighted by atomic mass is 35.5. The molecule has 1 saturated heterocycles. The topological polar surface area (TPSA) is 35.0 Å². The van der Waals surface area contributed by atoms with E-state index in [4.69, 9.17) is 16.3 Å². The molecule has 1 fully saturated rings. The molecule has 3 nitrogen and oxygen atoms in total. The van der Waals surface area contributed by atoms with Gasteiger partial charge in [0.25, 0.3) is 0 Å². The first-order valence-corrected chi connectivity index (χ1v) is 5.07. The third-order valence-electron chi connectivity index (χ3n) is 2.05. The van der Waals surface area contributed by atoms with Crippen molar-refractivity contribution < 1.29 is 4.74 Å². The average Bonchev–Trinajstić information content (AvgIpc) is 2.58. The molecule has 2 heterocycles. The summed E-state index contributed by atoms with van der Waals surface area (Å²) < 4.78 is 6.01. The summed E-state index contributed by atoms with van der Waals surface area (Å²) in [4.78, 5) is 0. The zero-order chi connectivity index (χ0) is 8.55. The molecule has 0 saturated carbocycles. The Kier molecular flexibility index (Phi) is 2.30. The number of rotatable bonds is 1. The molecule has 2 unspecified atom stereocenters. The summed E-state index contributed by atoms with van der Waals surface area (Å²) in [6, 6.07) is 0. The fraction of sp³-hybridized carbons (Fsp3) is 0.714. The number of hydrogen-bond donors (Lipinski definition) is 0. The highest BCUT2D eigenvalue weighted by molar-refractivity contribution is 7.15. The second-order valence-corrected chi connectivity index (χ2v) is 4.54. The molecule has 0 aromatic carbocycles. The van der Waals surface area contributed by atoms with Crippen LogP contribution in [0.1, 0.15) is 24.5 Å². The van der Waals surface area contributed by atoms with E-state index in [1.165, 1.54) is 11.3 Å². The molecule has 0 spiro atoms. The summed E-state index contributed by atoms with van der Waals surface area (Å²) in [6.45, 7) is 2.98. The maximum Gasteiger partial charge on any atom is 0.207 e. The molecule has 2 atom stereocenters. The van der Waals surface area contributed by atoms with Crippen LogP contribution in [0.25, 0.3) is 0 Å². The predicted molar refractivity (Wildman–Crippen MR) is 47.4 cm³/mol. The van der Waals surface area contributed by atoms with Crippen LogP contribution in [0.5, 0.6) is 0 Å². The first kappa shape index (κ1) is 8.41. The molecular formula is C7H9ClN2OS. The lowest BCUT2D eigenvalue weighted by atomic mass is 10.1. The summed E-state index contributed by atoms with van der Waals surface area (Å²) >= 11 is 7.08. The van der Waals surface area contributed by atoms with E-state index in [2.05, 4.69) is 17.1 Å². The van der Waals surface area contributed by atoms with E-state index in [0.717, 1.165) is 18.0 Å². The van der Waals surface area contributed by atoms with Gasteiger partial charge in [0.15, 0.2) is 0 Å². The molecule has 2 rings (SSSR count). The van der Waals surface area contributed by atoms with E-state index >= 15 is 0 Å². The quantitative estimate of drug-likeness (QED) is 0.704. The molecule has 0 radical (unpaired) electrons. The van der Waals surface area contributed by atoms with Crippen molar-refractivity contribution in [3.8, 4) is 0 Å². The van der Waals surface area contributed by atoms with Gasteiger partial charge in [-0.15, -0.1) is 10.2 Å². The first-order valence-electron chi connectivity index (χ1n) is 3.88. The van der Waals surface area contributed by atoms with Gasteiger partial charge in [0, 0.05) is 6.61 Å². The van der Waals surface area contributed by atoms with Gasteiger partial charge in [-0.3, -0.25) is 0 Å². The Balaban J connectivity index is 2.19. The smallest absolute Gasteiger partial charge is 0.207 e. The fourth-order valence-electron chi connectivity index (χ4n) is 1.34. The van der Waals surface area contributed by atoms with E-state index in [0.29, 0.717) is 10.4 Å². The Morgan fingerprint density at radius 1 is 1.58 bits per heavy atom. The summed E-state index contributed by atoms with van der Waals surface area (Å²) in [5, 5.41) is 8.62. The summed E-state index contributed by atoms with van der Waals surface area (Å²) in [5.74, 6) is 0.536. The minimum atomic E-state index is 0.120. The van der Waals surface area contributed by atoms with Crippen molar-refractivity contribution in [1.29, 1.82) is 0 Å². The SMILES string of the molecule is CC1CCOC1c1nnc(Cl)s1. The van der Waals surface area contributed by atoms with Crippen molar-refractivity contribution in [2.24, 2.45) is 5.92 Å². The summed E-state index contributed by atoms with van der Waals surface area (Å²) in [7, 11) is 0. The van der Waals surface area contributed by atoms with Gasteiger partial charge in [-0.1, -0.05) is 18.3 Å². The third-order valence-corrected chi connectivity index (χ3v) is 3.13. The average molecular weight is 205 g/mol. The largest absolute Gasteiger partial charge is 0.371 e. The number of halogens is 1.